The second kappa shape index (κ2) is 20.0. The minimum Gasteiger partial charge on any atom is -0.491 e. The number of carbonyl (C=O) groups is 2. The summed E-state index contributed by atoms with van der Waals surface area (Å²) in [6, 6.07) is 17.3. The quantitative estimate of drug-likeness (QED) is 0.0851. The summed E-state index contributed by atoms with van der Waals surface area (Å²) < 4.78 is 36.7. The summed E-state index contributed by atoms with van der Waals surface area (Å²) >= 11 is 0. The van der Waals surface area contributed by atoms with E-state index in [0.29, 0.717) is 25.0 Å². The van der Waals surface area contributed by atoms with Gasteiger partial charge < -0.3 is 28.4 Å². The summed E-state index contributed by atoms with van der Waals surface area (Å²) in [5.74, 6) is 1.94. The third-order valence-electron chi connectivity index (χ3n) is 11.1. The molecule has 0 unspecified atom stereocenters. The molecule has 0 bridgehead atoms. The standard InChI is InChI=1S/C51H72O8/c1-34-28-44(55-32-46(52)58-50(6,7)8)41(36-20-14-12-15-21-36)30-39(34)48(38-24-18-19-25-43(38)54-26-27-57-49(3,4)5)40-31-42(37-22-16-13-17-23-37)45(29-35(40)2)56-33-47(53)59-51(9,10)11/h18-19,24-25,28-31,36-37,48H,12-17,20-23,26-27,32-33H2,1-11H3. The van der Waals surface area contributed by atoms with Crippen LogP contribution in [0.2, 0.25) is 0 Å². The van der Waals surface area contributed by atoms with E-state index in [0.717, 1.165) is 108 Å². The summed E-state index contributed by atoms with van der Waals surface area (Å²) in [5, 5.41) is 0. The van der Waals surface area contributed by atoms with Gasteiger partial charge in [-0.1, -0.05) is 68.9 Å². The van der Waals surface area contributed by atoms with Crippen LogP contribution >= 0.6 is 0 Å². The lowest BCUT2D eigenvalue weighted by Gasteiger charge is -2.31. The highest BCUT2D eigenvalue weighted by molar-refractivity contribution is 5.72. The van der Waals surface area contributed by atoms with Crippen molar-refractivity contribution in [2.75, 3.05) is 26.4 Å². The first kappa shape index (κ1) is 46.0. The number of hydrogen-bond acceptors (Lipinski definition) is 8. The Kier molecular flexibility index (Phi) is 15.6. The van der Waals surface area contributed by atoms with E-state index >= 15 is 0 Å². The fraction of sp³-hybridized carbons (Fsp3) is 0.608. The van der Waals surface area contributed by atoms with Gasteiger partial charge in [0.25, 0.3) is 0 Å². The molecule has 3 aromatic rings. The van der Waals surface area contributed by atoms with Gasteiger partial charge in [-0.2, -0.15) is 0 Å². The van der Waals surface area contributed by atoms with Crippen molar-refractivity contribution < 1.29 is 38.0 Å². The molecule has 0 radical (unpaired) electrons. The van der Waals surface area contributed by atoms with E-state index in [2.05, 4.69) is 77.1 Å². The first-order valence-electron chi connectivity index (χ1n) is 22.1. The van der Waals surface area contributed by atoms with Crippen LogP contribution in [-0.2, 0) is 23.8 Å². The molecule has 2 aliphatic rings. The monoisotopic (exact) mass is 813 g/mol. The number of para-hydroxylation sites is 1. The van der Waals surface area contributed by atoms with Gasteiger partial charge in [0.2, 0.25) is 0 Å². The normalized spacial score (nSPS) is 15.9. The molecule has 59 heavy (non-hydrogen) atoms. The molecule has 0 atom stereocenters. The van der Waals surface area contributed by atoms with Crippen molar-refractivity contribution in [3.05, 3.63) is 87.5 Å². The number of hydrogen-bond donors (Lipinski definition) is 0. The highest BCUT2D eigenvalue weighted by Crippen LogP contribution is 2.47. The van der Waals surface area contributed by atoms with Crippen molar-refractivity contribution >= 4 is 11.9 Å². The third-order valence-corrected chi connectivity index (χ3v) is 11.1. The summed E-state index contributed by atoms with van der Waals surface area (Å²) in [5.41, 5.74) is 6.31. The van der Waals surface area contributed by atoms with Crippen LogP contribution in [0.5, 0.6) is 17.2 Å². The predicted octanol–water partition coefficient (Wildman–Crippen LogP) is 12.2. The summed E-state index contributed by atoms with van der Waals surface area (Å²) in [6.07, 6.45) is 11.3. The van der Waals surface area contributed by atoms with E-state index < -0.39 is 11.2 Å². The summed E-state index contributed by atoms with van der Waals surface area (Å²) in [7, 11) is 0. The molecule has 0 spiro atoms. The first-order valence-corrected chi connectivity index (χ1v) is 22.1. The minimum atomic E-state index is -0.599. The topological polar surface area (TPSA) is 89.5 Å². The maximum atomic E-state index is 12.9. The Morgan fingerprint density at radius 3 is 1.41 bits per heavy atom. The fourth-order valence-electron chi connectivity index (χ4n) is 8.64. The molecular formula is C51H72O8. The number of esters is 2. The van der Waals surface area contributed by atoms with Gasteiger partial charge >= 0.3 is 11.9 Å². The largest absolute Gasteiger partial charge is 0.491 e. The zero-order valence-corrected chi connectivity index (χ0v) is 38.0. The zero-order chi connectivity index (χ0) is 43.0. The van der Waals surface area contributed by atoms with E-state index in [1.807, 2.05) is 47.6 Å². The van der Waals surface area contributed by atoms with E-state index in [4.69, 9.17) is 28.4 Å². The summed E-state index contributed by atoms with van der Waals surface area (Å²) in [4.78, 5) is 25.8. The van der Waals surface area contributed by atoms with Gasteiger partial charge in [0.1, 0.15) is 35.1 Å². The molecule has 0 saturated heterocycles. The lowest BCUT2D eigenvalue weighted by atomic mass is 9.75. The number of benzene rings is 3. The van der Waals surface area contributed by atoms with Crippen LogP contribution in [0.25, 0.3) is 0 Å². The molecule has 0 aromatic heterocycles. The Balaban J connectivity index is 1.67. The first-order chi connectivity index (χ1) is 27.8. The van der Waals surface area contributed by atoms with Gasteiger partial charge in [-0.3, -0.25) is 0 Å². The molecule has 324 valence electrons. The van der Waals surface area contributed by atoms with Gasteiger partial charge in [0.05, 0.1) is 12.2 Å². The van der Waals surface area contributed by atoms with Crippen molar-refractivity contribution in [3.8, 4) is 17.2 Å². The molecular weight excluding hydrogens is 741 g/mol. The predicted molar refractivity (Wildman–Crippen MR) is 235 cm³/mol. The molecule has 2 fully saturated rings. The molecule has 0 aliphatic heterocycles. The molecule has 2 saturated carbocycles. The summed E-state index contributed by atoms with van der Waals surface area (Å²) in [6.45, 7) is 22.3. The van der Waals surface area contributed by atoms with Gasteiger partial charge in [0.15, 0.2) is 13.2 Å². The van der Waals surface area contributed by atoms with Gasteiger partial charge in [0, 0.05) is 11.5 Å². The van der Waals surface area contributed by atoms with Crippen LogP contribution in [0.15, 0.2) is 48.5 Å². The van der Waals surface area contributed by atoms with Crippen LogP contribution in [0.3, 0.4) is 0 Å². The molecule has 8 heteroatoms. The Hall–Kier alpha value is -4.04. The van der Waals surface area contributed by atoms with Crippen LogP contribution in [0.1, 0.15) is 183 Å². The average Bonchev–Trinajstić information content (AvgIpc) is 3.15. The lowest BCUT2D eigenvalue weighted by Crippen LogP contribution is -2.27. The van der Waals surface area contributed by atoms with Crippen molar-refractivity contribution in [2.24, 2.45) is 0 Å². The lowest BCUT2D eigenvalue weighted by molar-refractivity contribution is -0.158. The molecule has 8 nitrogen and oxygen atoms in total. The average molecular weight is 813 g/mol. The van der Waals surface area contributed by atoms with Crippen molar-refractivity contribution in [1.29, 1.82) is 0 Å². The van der Waals surface area contributed by atoms with Crippen molar-refractivity contribution in [2.45, 2.75) is 175 Å². The SMILES string of the molecule is Cc1cc(OCC(=O)OC(C)(C)C)c(C2CCCCC2)cc1C(c1cc(C2CCCCC2)c(OCC(=O)OC(C)(C)C)cc1C)c1ccccc1OCCOC(C)(C)C. The highest BCUT2D eigenvalue weighted by atomic mass is 16.6. The van der Waals surface area contributed by atoms with Crippen LogP contribution in [0.4, 0.5) is 0 Å². The van der Waals surface area contributed by atoms with Gasteiger partial charge in [-0.05, 0) is 165 Å². The number of carbonyl (C=O) groups excluding carboxylic acids is 2. The molecule has 2 aliphatic carbocycles. The van der Waals surface area contributed by atoms with Crippen LogP contribution in [0, 0.1) is 13.8 Å². The maximum absolute atomic E-state index is 12.9. The second-order valence-corrected chi connectivity index (χ2v) is 19.7. The zero-order valence-electron chi connectivity index (χ0n) is 38.0. The van der Waals surface area contributed by atoms with E-state index in [1.165, 1.54) is 12.8 Å². The molecule has 0 N–H and O–H groups in total. The number of rotatable bonds is 15. The Labute approximate surface area is 355 Å². The second-order valence-electron chi connectivity index (χ2n) is 19.7. The Bertz CT molecular complexity index is 1760. The van der Waals surface area contributed by atoms with Crippen molar-refractivity contribution in [1.82, 2.24) is 0 Å². The third kappa shape index (κ3) is 13.7. The van der Waals surface area contributed by atoms with Gasteiger partial charge in [-0.15, -0.1) is 0 Å². The maximum Gasteiger partial charge on any atom is 0.344 e. The van der Waals surface area contributed by atoms with E-state index in [1.54, 1.807) is 0 Å². The molecule has 5 rings (SSSR count). The van der Waals surface area contributed by atoms with Crippen molar-refractivity contribution in [3.63, 3.8) is 0 Å². The Morgan fingerprint density at radius 2 is 0.983 bits per heavy atom. The van der Waals surface area contributed by atoms with E-state index in [9.17, 15) is 9.59 Å². The van der Waals surface area contributed by atoms with Gasteiger partial charge in [-0.25, -0.2) is 9.59 Å². The fourth-order valence-corrected chi connectivity index (χ4v) is 8.64. The molecule has 0 heterocycles. The van der Waals surface area contributed by atoms with Crippen LogP contribution in [-0.4, -0.2) is 55.2 Å². The highest BCUT2D eigenvalue weighted by Gasteiger charge is 2.31. The molecule has 0 amide bonds. The number of ether oxygens (including phenoxy) is 6. The van der Waals surface area contributed by atoms with E-state index in [-0.39, 0.29) is 36.7 Å². The van der Waals surface area contributed by atoms with Crippen LogP contribution < -0.4 is 14.2 Å². The Morgan fingerprint density at radius 1 is 0.542 bits per heavy atom. The number of aryl methyl sites for hydroxylation is 2. The minimum absolute atomic E-state index is 0.152. The molecule has 3 aromatic carbocycles. The smallest absolute Gasteiger partial charge is 0.344 e.